The maximum Gasteiger partial charge on any atom is 0.413 e. The SMILES string of the molecule is C\C=C(/C(C)=C(F)\C=C(/C)CC)c1cc2cnc(NC(=O)OC(C)(C)C)cc2n(C)c1=O. The summed E-state index contributed by atoms with van der Waals surface area (Å²) in [7, 11) is 1.63. The molecule has 0 aliphatic heterocycles. The van der Waals surface area contributed by atoms with E-state index in [2.05, 4.69) is 10.3 Å². The number of aromatic nitrogens is 2. The molecule has 172 valence electrons. The predicted octanol–water partition coefficient (Wildman–Crippen LogP) is 6.28. The lowest BCUT2D eigenvalue weighted by Crippen LogP contribution is -2.27. The average Bonchev–Trinajstić information content (AvgIpc) is 2.70. The molecule has 1 amide bonds. The van der Waals surface area contributed by atoms with Gasteiger partial charge in [0.1, 0.15) is 17.2 Å². The molecular weight excluding hydrogens is 409 g/mol. The molecule has 2 aromatic rings. The first kappa shape index (κ1) is 25.0. The molecule has 1 N–H and O–H groups in total. The fraction of sp³-hybridized carbons (Fsp3) is 0.400. The Bertz CT molecular complexity index is 1180. The number of amides is 1. The normalized spacial score (nSPS) is 13.8. The van der Waals surface area contributed by atoms with Crippen molar-refractivity contribution < 1.29 is 13.9 Å². The van der Waals surface area contributed by atoms with Crippen LogP contribution in [0, 0.1) is 0 Å². The molecule has 0 aliphatic carbocycles. The molecule has 0 radical (unpaired) electrons. The summed E-state index contributed by atoms with van der Waals surface area (Å²) in [5.41, 5.74) is 1.89. The molecule has 0 bridgehead atoms. The van der Waals surface area contributed by atoms with E-state index < -0.39 is 11.7 Å². The van der Waals surface area contributed by atoms with Gasteiger partial charge in [-0.15, -0.1) is 0 Å². The number of aryl methyl sites for hydroxylation is 1. The van der Waals surface area contributed by atoms with Gasteiger partial charge in [0, 0.05) is 30.3 Å². The maximum absolute atomic E-state index is 14.8. The third-order valence-corrected chi connectivity index (χ3v) is 5.01. The van der Waals surface area contributed by atoms with Gasteiger partial charge in [0.25, 0.3) is 5.56 Å². The minimum absolute atomic E-state index is 0.267. The molecule has 2 rings (SSSR count). The third-order valence-electron chi connectivity index (χ3n) is 5.01. The van der Waals surface area contributed by atoms with Crippen molar-refractivity contribution >= 4 is 28.4 Å². The molecule has 0 aromatic carbocycles. The van der Waals surface area contributed by atoms with E-state index in [1.807, 2.05) is 13.8 Å². The number of hydrogen-bond acceptors (Lipinski definition) is 4. The molecule has 2 heterocycles. The van der Waals surface area contributed by atoms with Crippen LogP contribution in [0.2, 0.25) is 0 Å². The zero-order valence-electron chi connectivity index (χ0n) is 20.1. The molecule has 0 aliphatic rings. The van der Waals surface area contributed by atoms with Crippen LogP contribution in [0.1, 0.15) is 60.5 Å². The van der Waals surface area contributed by atoms with Gasteiger partial charge in [-0.25, -0.2) is 14.2 Å². The van der Waals surface area contributed by atoms with Crippen LogP contribution in [0.25, 0.3) is 16.5 Å². The first-order valence-electron chi connectivity index (χ1n) is 10.6. The smallest absolute Gasteiger partial charge is 0.413 e. The van der Waals surface area contributed by atoms with Gasteiger partial charge in [-0.3, -0.25) is 10.1 Å². The van der Waals surface area contributed by atoms with Crippen molar-refractivity contribution in [2.75, 3.05) is 5.32 Å². The van der Waals surface area contributed by atoms with Crippen molar-refractivity contribution in [1.29, 1.82) is 0 Å². The molecule has 0 saturated carbocycles. The second-order valence-corrected chi connectivity index (χ2v) is 8.70. The van der Waals surface area contributed by atoms with Crippen LogP contribution in [0.15, 0.2) is 52.2 Å². The lowest BCUT2D eigenvalue weighted by Gasteiger charge is -2.19. The number of anilines is 1. The largest absolute Gasteiger partial charge is 0.444 e. The fourth-order valence-corrected chi connectivity index (χ4v) is 3.16. The maximum atomic E-state index is 14.8. The van der Waals surface area contributed by atoms with Crippen molar-refractivity contribution in [3.8, 4) is 0 Å². The summed E-state index contributed by atoms with van der Waals surface area (Å²) in [5.74, 6) is -0.0994. The summed E-state index contributed by atoms with van der Waals surface area (Å²) in [4.78, 5) is 29.4. The highest BCUT2D eigenvalue weighted by atomic mass is 19.1. The number of nitrogens with one attached hydrogen (secondary N) is 1. The van der Waals surface area contributed by atoms with Crippen LogP contribution in [0.5, 0.6) is 0 Å². The summed E-state index contributed by atoms with van der Waals surface area (Å²) in [6, 6.07) is 3.31. The number of fused-ring (bicyclic) bond motifs is 1. The molecule has 2 aromatic heterocycles. The predicted molar refractivity (Wildman–Crippen MR) is 128 cm³/mol. The second-order valence-electron chi connectivity index (χ2n) is 8.70. The highest BCUT2D eigenvalue weighted by Gasteiger charge is 2.18. The topological polar surface area (TPSA) is 73.2 Å². The average molecular weight is 442 g/mol. The number of carbonyl (C=O) groups is 1. The van der Waals surface area contributed by atoms with E-state index in [1.165, 1.54) is 10.6 Å². The van der Waals surface area contributed by atoms with Crippen molar-refractivity contribution in [1.82, 2.24) is 9.55 Å². The van der Waals surface area contributed by atoms with Crippen LogP contribution < -0.4 is 10.9 Å². The van der Waals surface area contributed by atoms with Crippen LogP contribution in [0.4, 0.5) is 15.0 Å². The zero-order valence-corrected chi connectivity index (χ0v) is 20.1. The van der Waals surface area contributed by atoms with Crippen LogP contribution in [-0.2, 0) is 11.8 Å². The van der Waals surface area contributed by atoms with Gasteiger partial charge in [0.2, 0.25) is 0 Å². The summed E-state index contributed by atoms with van der Waals surface area (Å²) in [5, 5.41) is 3.27. The summed E-state index contributed by atoms with van der Waals surface area (Å²) < 4.78 is 21.5. The van der Waals surface area contributed by atoms with E-state index in [0.29, 0.717) is 27.6 Å². The van der Waals surface area contributed by atoms with Gasteiger partial charge < -0.3 is 9.30 Å². The lowest BCUT2D eigenvalue weighted by molar-refractivity contribution is 0.0635. The Balaban J connectivity index is 2.53. The first-order valence-corrected chi connectivity index (χ1v) is 10.6. The number of allylic oxidation sites excluding steroid dienone is 6. The monoisotopic (exact) mass is 441 g/mol. The van der Waals surface area contributed by atoms with E-state index in [4.69, 9.17) is 4.74 Å². The van der Waals surface area contributed by atoms with Gasteiger partial charge >= 0.3 is 6.09 Å². The van der Waals surface area contributed by atoms with Gasteiger partial charge in [-0.2, -0.15) is 0 Å². The Morgan fingerprint density at radius 2 is 1.94 bits per heavy atom. The lowest BCUT2D eigenvalue weighted by atomic mass is 9.97. The Morgan fingerprint density at radius 1 is 1.28 bits per heavy atom. The summed E-state index contributed by atoms with van der Waals surface area (Å²) >= 11 is 0. The Morgan fingerprint density at radius 3 is 2.50 bits per heavy atom. The van der Waals surface area contributed by atoms with Crippen molar-refractivity contribution in [3.63, 3.8) is 0 Å². The summed E-state index contributed by atoms with van der Waals surface area (Å²) in [6.45, 7) is 12.6. The molecule has 7 heteroatoms. The molecule has 32 heavy (non-hydrogen) atoms. The summed E-state index contributed by atoms with van der Waals surface area (Å²) in [6.07, 6.45) is 4.91. The number of halogens is 1. The van der Waals surface area contributed by atoms with Gasteiger partial charge in [0.05, 0.1) is 5.52 Å². The molecule has 0 atom stereocenters. The molecule has 0 fully saturated rings. The Hall–Kier alpha value is -3.22. The minimum Gasteiger partial charge on any atom is -0.444 e. The third kappa shape index (κ3) is 5.93. The molecule has 0 saturated heterocycles. The highest BCUT2D eigenvalue weighted by molar-refractivity contribution is 5.90. The zero-order chi connectivity index (χ0) is 24.2. The van der Waals surface area contributed by atoms with E-state index in [1.54, 1.807) is 66.1 Å². The van der Waals surface area contributed by atoms with Crippen LogP contribution >= 0.6 is 0 Å². The second kappa shape index (κ2) is 9.94. The molecule has 0 spiro atoms. The van der Waals surface area contributed by atoms with E-state index in [9.17, 15) is 14.0 Å². The van der Waals surface area contributed by atoms with E-state index in [-0.39, 0.29) is 17.2 Å². The quantitative estimate of drug-likeness (QED) is 0.554. The number of rotatable bonds is 5. The van der Waals surface area contributed by atoms with Crippen molar-refractivity contribution in [3.05, 3.63) is 63.4 Å². The number of ether oxygens (including phenoxy) is 1. The standard InChI is InChI=1S/C25H32FN3O3/c1-9-15(3)11-20(26)16(4)18(10-2)19-12-17-14-27-22(13-21(17)29(8)23(19)30)28-24(31)32-25(5,6)7/h10-14H,9H2,1-8H3,(H,27,28,31)/b15-11+,18-10+,20-16+. The Kier molecular flexibility index (Phi) is 7.78. The molecule has 6 nitrogen and oxygen atoms in total. The number of pyridine rings is 2. The van der Waals surface area contributed by atoms with Crippen molar-refractivity contribution in [2.45, 2.75) is 60.5 Å². The van der Waals surface area contributed by atoms with Crippen molar-refractivity contribution in [2.24, 2.45) is 7.05 Å². The van der Waals surface area contributed by atoms with Gasteiger partial charge in [-0.1, -0.05) is 18.6 Å². The fourth-order valence-electron chi connectivity index (χ4n) is 3.16. The van der Waals surface area contributed by atoms with Gasteiger partial charge in [-0.05, 0) is 71.3 Å². The van der Waals surface area contributed by atoms with E-state index >= 15 is 0 Å². The molecular formula is C25H32FN3O3. The van der Waals surface area contributed by atoms with Crippen LogP contribution in [0.3, 0.4) is 0 Å². The highest BCUT2D eigenvalue weighted by Crippen LogP contribution is 2.27. The number of carbonyl (C=O) groups excluding carboxylic acids is 1. The molecule has 0 unspecified atom stereocenters. The number of hydrogen-bond donors (Lipinski definition) is 1. The van der Waals surface area contributed by atoms with Crippen LogP contribution in [-0.4, -0.2) is 21.2 Å². The first-order chi connectivity index (χ1) is 14.9. The number of nitrogens with zero attached hydrogens (tertiary/aromatic N) is 2. The minimum atomic E-state index is -0.642. The van der Waals surface area contributed by atoms with Gasteiger partial charge in [0.15, 0.2) is 0 Å². The Labute approximate surface area is 188 Å². The van der Waals surface area contributed by atoms with E-state index in [0.717, 1.165) is 12.0 Å².